The summed E-state index contributed by atoms with van der Waals surface area (Å²) < 4.78 is 5.41. The summed E-state index contributed by atoms with van der Waals surface area (Å²) in [7, 11) is 0. The fourth-order valence-corrected chi connectivity index (χ4v) is 3.03. The lowest BCUT2D eigenvalue weighted by molar-refractivity contribution is 0.0495. The summed E-state index contributed by atoms with van der Waals surface area (Å²) in [6, 6.07) is 15.9. The molecule has 0 N–H and O–H groups in total. The van der Waals surface area contributed by atoms with Crippen LogP contribution in [-0.4, -0.2) is 18.4 Å². The molecule has 0 saturated heterocycles. The van der Waals surface area contributed by atoms with Gasteiger partial charge in [-0.1, -0.05) is 94.5 Å². The van der Waals surface area contributed by atoms with Gasteiger partial charge in [0.05, 0.1) is 12.2 Å². The minimum absolute atomic E-state index is 0.159. The van der Waals surface area contributed by atoms with Crippen LogP contribution < -0.4 is 0 Å². The zero-order chi connectivity index (χ0) is 19.5. The highest BCUT2D eigenvalue weighted by molar-refractivity contribution is 6.14. The molecule has 0 spiro atoms. The number of benzene rings is 2. The predicted octanol–water partition coefficient (Wildman–Crippen LogP) is 6.07. The lowest BCUT2D eigenvalue weighted by Gasteiger charge is -2.09. The largest absolute Gasteiger partial charge is 0.462 e. The number of carbonyl (C=O) groups excluding carboxylic acids is 2. The SMILES string of the molecule is CC(C)CCCCCCCOC(=O)c1ccccc1C(=O)c1ccccc1. The van der Waals surface area contributed by atoms with E-state index >= 15 is 0 Å². The molecule has 0 atom stereocenters. The first-order valence-corrected chi connectivity index (χ1v) is 9.95. The van der Waals surface area contributed by atoms with Gasteiger partial charge in [0, 0.05) is 11.1 Å². The van der Waals surface area contributed by atoms with Crippen molar-refractivity contribution in [1.82, 2.24) is 0 Å². The van der Waals surface area contributed by atoms with Gasteiger partial charge in [-0.2, -0.15) is 0 Å². The third-order valence-electron chi connectivity index (χ3n) is 4.59. The van der Waals surface area contributed by atoms with Gasteiger partial charge < -0.3 is 4.74 Å². The normalized spacial score (nSPS) is 10.8. The van der Waals surface area contributed by atoms with Crippen LogP contribution in [0.25, 0.3) is 0 Å². The Morgan fingerprint density at radius 3 is 2.07 bits per heavy atom. The van der Waals surface area contributed by atoms with E-state index in [1.807, 2.05) is 18.2 Å². The molecule has 0 aromatic heterocycles. The number of hydrogen-bond donors (Lipinski definition) is 0. The fraction of sp³-hybridized carbons (Fsp3) is 0.417. The van der Waals surface area contributed by atoms with E-state index in [0.717, 1.165) is 18.8 Å². The zero-order valence-electron chi connectivity index (χ0n) is 16.4. The Labute approximate surface area is 162 Å². The molecule has 2 rings (SSSR count). The van der Waals surface area contributed by atoms with E-state index in [4.69, 9.17) is 4.74 Å². The number of unbranched alkanes of at least 4 members (excludes halogenated alkanes) is 4. The van der Waals surface area contributed by atoms with Crippen LogP contribution in [0.2, 0.25) is 0 Å². The van der Waals surface area contributed by atoms with Crippen molar-refractivity contribution >= 4 is 11.8 Å². The molecule has 2 aromatic rings. The molecular formula is C24H30O3. The second-order valence-corrected chi connectivity index (χ2v) is 7.33. The van der Waals surface area contributed by atoms with Gasteiger partial charge >= 0.3 is 5.97 Å². The minimum atomic E-state index is -0.422. The quantitative estimate of drug-likeness (QED) is 0.275. The molecule has 2 aromatic carbocycles. The first kappa shape index (κ1) is 20.9. The minimum Gasteiger partial charge on any atom is -0.462 e. The number of ketones is 1. The van der Waals surface area contributed by atoms with Crippen LogP contribution in [0.4, 0.5) is 0 Å². The number of esters is 1. The molecular weight excluding hydrogens is 336 g/mol. The van der Waals surface area contributed by atoms with Crippen molar-refractivity contribution in [3.8, 4) is 0 Å². The summed E-state index contributed by atoms with van der Waals surface area (Å²) in [4.78, 5) is 25.1. The molecule has 0 heterocycles. The summed E-state index contributed by atoms with van der Waals surface area (Å²) in [5, 5.41) is 0. The molecule has 0 unspecified atom stereocenters. The first-order valence-electron chi connectivity index (χ1n) is 9.95. The van der Waals surface area contributed by atoms with Crippen LogP contribution in [0.5, 0.6) is 0 Å². The maximum atomic E-state index is 12.7. The molecule has 3 nitrogen and oxygen atoms in total. The second kappa shape index (κ2) is 11.3. The van der Waals surface area contributed by atoms with Gasteiger partial charge in [0.1, 0.15) is 0 Å². The molecule has 27 heavy (non-hydrogen) atoms. The number of hydrogen-bond acceptors (Lipinski definition) is 3. The third kappa shape index (κ3) is 7.01. The van der Waals surface area contributed by atoms with Crippen LogP contribution in [-0.2, 0) is 4.74 Å². The predicted molar refractivity (Wildman–Crippen MR) is 109 cm³/mol. The number of rotatable bonds is 11. The van der Waals surface area contributed by atoms with E-state index in [9.17, 15) is 9.59 Å². The molecule has 0 bridgehead atoms. The lowest BCUT2D eigenvalue weighted by atomic mass is 9.98. The highest BCUT2D eigenvalue weighted by Crippen LogP contribution is 2.16. The van der Waals surface area contributed by atoms with E-state index in [1.54, 1.807) is 36.4 Å². The third-order valence-corrected chi connectivity index (χ3v) is 4.59. The van der Waals surface area contributed by atoms with Crippen LogP contribution >= 0.6 is 0 Å². The van der Waals surface area contributed by atoms with Crippen molar-refractivity contribution in [2.75, 3.05) is 6.61 Å². The summed E-state index contributed by atoms with van der Waals surface area (Å²) in [6.45, 7) is 4.90. The van der Waals surface area contributed by atoms with Gasteiger partial charge in [0.15, 0.2) is 5.78 Å². The van der Waals surface area contributed by atoms with Crippen LogP contribution in [0.15, 0.2) is 54.6 Å². The Balaban J connectivity index is 1.82. The molecule has 0 amide bonds. The number of ether oxygens (including phenoxy) is 1. The van der Waals surface area contributed by atoms with Gasteiger partial charge in [-0.25, -0.2) is 4.79 Å². The Bertz CT molecular complexity index is 719. The smallest absolute Gasteiger partial charge is 0.338 e. The van der Waals surface area contributed by atoms with Crippen molar-refractivity contribution in [3.05, 3.63) is 71.3 Å². The van der Waals surface area contributed by atoms with Crippen molar-refractivity contribution in [2.24, 2.45) is 5.92 Å². The van der Waals surface area contributed by atoms with Gasteiger partial charge in [0.2, 0.25) is 0 Å². The zero-order valence-corrected chi connectivity index (χ0v) is 16.4. The van der Waals surface area contributed by atoms with Crippen LogP contribution in [0, 0.1) is 5.92 Å². The fourth-order valence-electron chi connectivity index (χ4n) is 3.03. The standard InChI is InChI=1S/C24H30O3/c1-19(2)13-7-4-3-5-12-18-27-24(26)22-17-11-10-16-21(22)23(25)20-14-8-6-9-15-20/h6,8-11,14-17,19H,3-5,7,12-13,18H2,1-2H3. The first-order chi connectivity index (χ1) is 13.1. The Hall–Kier alpha value is -2.42. The van der Waals surface area contributed by atoms with E-state index in [0.29, 0.717) is 23.3 Å². The van der Waals surface area contributed by atoms with Crippen molar-refractivity contribution in [1.29, 1.82) is 0 Å². The molecule has 0 fully saturated rings. The van der Waals surface area contributed by atoms with Crippen molar-refractivity contribution in [2.45, 2.75) is 52.4 Å². The highest BCUT2D eigenvalue weighted by Gasteiger charge is 2.18. The topological polar surface area (TPSA) is 43.4 Å². The van der Waals surface area contributed by atoms with Gasteiger partial charge in [-0.05, 0) is 18.4 Å². The molecule has 3 heteroatoms. The van der Waals surface area contributed by atoms with Crippen LogP contribution in [0.1, 0.15) is 78.7 Å². The maximum Gasteiger partial charge on any atom is 0.338 e. The monoisotopic (exact) mass is 366 g/mol. The summed E-state index contributed by atoms with van der Waals surface area (Å²) in [5.41, 5.74) is 1.30. The van der Waals surface area contributed by atoms with E-state index in [-0.39, 0.29) is 5.78 Å². The Morgan fingerprint density at radius 1 is 0.778 bits per heavy atom. The van der Waals surface area contributed by atoms with Crippen LogP contribution in [0.3, 0.4) is 0 Å². The van der Waals surface area contributed by atoms with Gasteiger partial charge in [-0.3, -0.25) is 4.79 Å². The highest BCUT2D eigenvalue weighted by atomic mass is 16.5. The Morgan fingerprint density at radius 2 is 1.37 bits per heavy atom. The Kier molecular flexibility index (Phi) is 8.76. The molecule has 0 aliphatic rings. The van der Waals surface area contributed by atoms with E-state index in [1.165, 1.54) is 25.7 Å². The average Bonchev–Trinajstić information content (AvgIpc) is 2.69. The average molecular weight is 367 g/mol. The van der Waals surface area contributed by atoms with Gasteiger partial charge in [-0.15, -0.1) is 0 Å². The van der Waals surface area contributed by atoms with Gasteiger partial charge in [0.25, 0.3) is 0 Å². The molecule has 0 aliphatic carbocycles. The maximum absolute atomic E-state index is 12.7. The number of carbonyl (C=O) groups is 2. The molecule has 144 valence electrons. The summed E-state index contributed by atoms with van der Waals surface area (Å²) >= 11 is 0. The lowest BCUT2D eigenvalue weighted by Crippen LogP contribution is -2.13. The second-order valence-electron chi connectivity index (χ2n) is 7.33. The molecule has 0 saturated carbocycles. The van der Waals surface area contributed by atoms with E-state index in [2.05, 4.69) is 13.8 Å². The molecule has 0 radical (unpaired) electrons. The summed E-state index contributed by atoms with van der Waals surface area (Å²) in [5.74, 6) is 0.188. The molecule has 0 aliphatic heterocycles. The van der Waals surface area contributed by atoms with E-state index < -0.39 is 5.97 Å². The summed E-state index contributed by atoms with van der Waals surface area (Å²) in [6.07, 6.45) is 6.89. The van der Waals surface area contributed by atoms with Crippen molar-refractivity contribution < 1.29 is 14.3 Å². The van der Waals surface area contributed by atoms with Crippen molar-refractivity contribution in [3.63, 3.8) is 0 Å².